The van der Waals surface area contributed by atoms with Gasteiger partial charge in [0.05, 0.1) is 0 Å². The Morgan fingerprint density at radius 1 is 1.06 bits per heavy atom. The molecule has 184 valence electrons. The van der Waals surface area contributed by atoms with Crippen LogP contribution in [0.1, 0.15) is 58.3 Å². The average Bonchev–Trinajstić information content (AvgIpc) is 3.36. The number of carbonyl (C=O) groups excluding carboxylic acids is 3. The van der Waals surface area contributed by atoms with E-state index in [0.717, 1.165) is 43.0 Å². The molecule has 1 aromatic carbocycles. The van der Waals surface area contributed by atoms with E-state index < -0.39 is 5.91 Å². The van der Waals surface area contributed by atoms with E-state index in [-0.39, 0.29) is 27.7 Å². The molecule has 9 nitrogen and oxygen atoms in total. The molecule has 0 bridgehead atoms. The zero-order valence-electron chi connectivity index (χ0n) is 20.2. The molecule has 3 amide bonds. The highest BCUT2D eigenvalue weighted by Gasteiger charge is 2.29. The molecule has 0 atom stereocenters. The number of hydrogen-bond acceptors (Lipinski definition) is 7. The average molecular weight is 487 g/mol. The highest BCUT2D eigenvalue weighted by molar-refractivity contribution is 7.15. The summed E-state index contributed by atoms with van der Waals surface area (Å²) in [4.78, 5) is 41.8. The molecular formula is C24H34N6O3S. The van der Waals surface area contributed by atoms with Crippen molar-refractivity contribution in [1.29, 1.82) is 0 Å². The number of piperidine rings is 1. The SMILES string of the molecule is CCN(CC)CCCNC(=O)C1CCN(C(=O)c2nnc(C(=O)Nc3ccc(C)cc3)s2)CC1. The van der Waals surface area contributed by atoms with E-state index >= 15 is 0 Å². The summed E-state index contributed by atoms with van der Waals surface area (Å²) >= 11 is 0.983. The molecule has 2 N–H and O–H groups in total. The Bertz CT molecular complexity index is 965. The molecule has 0 unspecified atom stereocenters. The predicted molar refractivity (Wildman–Crippen MR) is 133 cm³/mol. The van der Waals surface area contributed by atoms with E-state index in [0.29, 0.717) is 38.2 Å². The van der Waals surface area contributed by atoms with Crippen molar-refractivity contribution in [3.05, 3.63) is 39.8 Å². The lowest BCUT2D eigenvalue weighted by Crippen LogP contribution is -2.43. The van der Waals surface area contributed by atoms with Gasteiger partial charge >= 0.3 is 0 Å². The lowest BCUT2D eigenvalue weighted by Gasteiger charge is -2.30. The molecule has 2 aromatic rings. The number of benzene rings is 1. The molecule has 1 aliphatic heterocycles. The Hall–Kier alpha value is -2.85. The van der Waals surface area contributed by atoms with E-state index in [1.54, 1.807) is 4.90 Å². The van der Waals surface area contributed by atoms with Gasteiger partial charge in [-0.3, -0.25) is 14.4 Å². The van der Waals surface area contributed by atoms with Crippen LogP contribution in [0.5, 0.6) is 0 Å². The van der Waals surface area contributed by atoms with Gasteiger partial charge in [0.25, 0.3) is 11.8 Å². The summed E-state index contributed by atoms with van der Waals surface area (Å²) in [5.41, 5.74) is 1.76. The van der Waals surface area contributed by atoms with Crippen LogP contribution in [0.3, 0.4) is 0 Å². The number of aryl methyl sites for hydroxylation is 1. The molecule has 1 aromatic heterocycles. The van der Waals surface area contributed by atoms with Crippen LogP contribution in [-0.4, -0.2) is 77.0 Å². The molecule has 1 aliphatic rings. The molecule has 0 saturated carbocycles. The number of amides is 3. The maximum absolute atomic E-state index is 12.8. The molecule has 10 heteroatoms. The van der Waals surface area contributed by atoms with Gasteiger partial charge in [0.15, 0.2) is 0 Å². The van der Waals surface area contributed by atoms with Crippen LogP contribution in [0, 0.1) is 12.8 Å². The minimum absolute atomic E-state index is 0.0672. The number of carbonyl (C=O) groups is 3. The van der Waals surface area contributed by atoms with Crippen LogP contribution < -0.4 is 10.6 Å². The first-order chi connectivity index (χ1) is 16.4. The lowest BCUT2D eigenvalue weighted by atomic mass is 9.96. The Kier molecular flexibility index (Phi) is 9.52. The summed E-state index contributed by atoms with van der Waals surface area (Å²) in [7, 11) is 0. The normalized spacial score (nSPS) is 14.3. The number of hydrogen-bond donors (Lipinski definition) is 2. The Morgan fingerprint density at radius 3 is 2.35 bits per heavy atom. The Labute approximate surface area is 204 Å². The number of nitrogens with one attached hydrogen (secondary N) is 2. The number of aromatic nitrogens is 2. The molecule has 3 rings (SSSR count). The van der Waals surface area contributed by atoms with Crippen LogP contribution in [0.15, 0.2) is 24.3 Å². The quantitative estimate of drug-likeness (QED) is 0.500. The fourth-order valence-corrected chi connectivity index (χ4v) is 4.61. The van der Waals surface area contributed by atoms with Gasteiger partial charge in [0.1, 0.15) is 0 Å². The van der Waals surface area contributed by atoms with E-state index in [1.807, 2.05) is 31.2 Å². The maximum atomic E-state index is 12.8. The Morgan fingerprint density at radius 2 is 1.71 bits per heavy atom. The number of rotatable bonds is 10. The monoisotopic (exact) mass is 486 g/mol. The van der Waals surface area contributed by atoms with Gasteiger partial charge in [0, 0.05) is 31.2 Å². The first-order valence-corrected chi connectivity index (χ1v) is 12.7. The first kappa shape index (κ1) is 25.8. The van der Waals surface area contributed by atoms with Crippen molar-refractivity contribution in [2.75, 3.05) is 44.6 Å². The van der Waals surface area contributed by atoms with E-state index in [1.165, 1.54) is 0 Å². The minimum atomic E-state index is -0.392. The molecule has 2 heterocycles. The standard InChI is InChI=1S/C24H34N6O3S/c1-4-29(5-2)14-6-13-25-20(31)18-11-15-30(16-12-18)24(33)23-28-27-22(34-23)21(32)26-19-9-7-17(3)8-10-19/h7-10,18H,4-6,11-16H2,1-3H3,(H,25,31)(H,26,32). The fourth-order valence-electron chi connectivity index (χ4n) is 3.90. The number of anilines is 1. The van der Waals surface area contributed by atoms with Gasteiger partial charge in [-0.1, -0.05) is 42.9 Å². The smallest absolute Gasteiger partial charge is 0.286 e. The minimum Gasteiger partial charge on any atom is -0.356 e. The van der Waals surface area contributed by atoms with Gasteiger partial charge in [-0.2, -0.15) is 0 Å². The van der Waals surface area contributed by atoms with E-state index in [4.69, 9.17) is 0 Å². The van der Waals surface area contributed by atoms with Crippen molar-refractivity contribution < 1.29 is 14.4 Å². The van der Waals surface area contributed by atoms with Crippen LogP contribution in [0.25, 0.3) is 0 Å². The second-order valence-corrected chi connectivity index (χ2v) is 9.45. The highest BCUT2D eigenvalue weighted by Crippen LogP contribution is 2.21. The Balaban J connectivity index is 1.43. The second kappa shape index (κ2) is 12.6. The third kappa shape index (κ3) is 7.07. The molecule has 0 spiro atoms. The third-order valence-electron chi connectivity index (χ3n) is 6.11. The highest BCUT2D eigenvalue weighted by atomic mass is 32.1. The summed E-state index contributed by atoms with van der Waals surface area (Å²) in [6, 6.07) is 7.43. The molecule has 34 heavy (non-hydrogen) atoms. The summed E-state index contributed by atoms with van der Waals surface area (Å²) in [5.74, 6) is -0.651. The zero-order valence-corrected chi connectivity index (χ0v) is 21.0. The molecule has 0 radical (unpaired) electrons. The van der Waals surface area contributed by atoms with Gasteiger partial charge in [-0.25, -0.2) is 0 Å². The first-order valence-electron chi connectivity index (χ1n) is 11.9. The van der Waals surface area contributed by atoms with Crippen molar-refractivity contribution in [3.8, 4) is 0 Å². The van der Waals surface area contributed by atoms with E-state index in [9.17, 15) is 14.4 Å². The molecule has 1 fully saturated rings. The lowest BCUT2D eigenvalue weighted by molar-refractivity contribution is -0.126. The van der Waals surface area contributed by atoms with Crippen molar-refractivity contribution in [2.45, 2.75) is 40.0 Å². The van der Waals surface area contributed by atoms with Crippen molar-refractivity contribution in [3.63, 3.8) is 0 Å². The van der Waals surface area contributed by atoms with Crippen molar-refractivity contribution >= 4 is 34.7 Å². The fraction of sp³-hybridized carbons (Fsp3) is 0.542. The summed E-state index contributed by atoms with van der Waals surface area (Å²) in [5, 5.41) is 14.0. The van der Waals surface area contributed by atoms with Crippen LogP contribution >= 0.6 is 11.3 Å². The van der Waals surface area contributed by atoms with E-state index in [2.05, 4.69) is 39.6 Å². The number of likely N-dealkylation sites (tertiary alicyclic amines) is 1. The van der Waals surface area contributed by atoms with Crippen molar-refractivity contribution in [1.82, 2.24) is 25.3 Å². The molecule has 1 saturated heterocycles. The topological polar surface area (TPSA) is 108 Å². The molecule has 0 aliphatic carbocycles. The maximum Gasteiger partial charge on any atom is 0.286 e. The summed E-state index contributed by atoms with van der Waals surface area (Å²) < 4.78 is 0. The third-order valence-corrected chi connectivity index (χ3v) is 7.02. The van der Waals surface area contributed by atoms with Gasteiger partial charge in [-0.05, 0) is 58.0 Å². The van der Waals surface area contributed by atoms with Crippen molar-refractivity contribution in [2.24, 2.45) is 5.92 Å². The van der Waals surface area contributed by atoms with Gasteiger partial charge in [0.2, 0.25) is 15.9 Å². The van der Waals surface area contributed by atoms with Crippen LogP contribution in [0.2, 0.25) is 0 Å². The van der Waals surface area contributed by atoms with Crippen LogP contribution in [-0.2, 0) is 4.79 Å². The number of nitrogens with zero attached hydrogens (tertiary/aromatic N) is 4. The zero-order chi connectivity index (χ0) is 24.5. The largest absolute Gasteiger partial charge is 0.356 e. The van der Waals surface area contributed by atoms with Gasteiger partial charge in [-0.15, -0.1) is 10.2 Å². The predicted octanol–water partition coefficient (Wildman–Crippen LogP) is 2.80. The van der Waals surface area contributed by atoms with Crippen LogP contribution in [0.4, 0.5) is 5.69 Å². The second-order valence-electron chi connectivity index (χ2n) is 8.47. The van der Waals surface area contributed by atoms with Gasteiger partial charge < -0.3 is 20.4 Å². The summed E-state index contributed by atoms with van der Waals surface area (Å²) in [6.45, 7) is 10.9. The summed E-state index contributed by atoms with van der Waals surface area (Å²) in [6.07, 6.45) is 2.17. The molecular weight excluding hydrogens is 452 g/mol.